The first-order valence-electron chi connectivity index (χ1n) is 5.58. The van der Waals surface area contributed by atoms with Crippen LogP contribution in [0.2, 0.25) is 0 Å². The quantitative estimate of drug-likeness (QED) is 0.456. The lowest BCUT2D eigenvalue weighted by molar-refractivity contribution is -0.137. The molecule has 18 heavy (non-hydrogen) atoms. The van der Waals surface area contributed by atoms with Crippen LogP contribution in [0.25, 0.3) is 10.4 Å². The Labute approximate surface area is 105 Å². The highest BCUT2D eigenvalue weighted by Crippen LogP contribution is 2.31. The van der Waals surface area contributed by atoms with Crippen molar-refractivity contribution in [3.63, 3.8) is 0 Å². The molecule has 0 heterocycles. The van der Waals surface area contributed by atoms with E-state index in [1.165, 1.54) is 0 Å². The van der Waals surface area contributed by atoms with Crippen molar-refractivity contribution in [2.24, 2.45) is 5.11 Å². The van der Waals surface area contributed by atoms with Crippen LogP contribution in [0.5, 0.6) is 5.75 Å². The molecular weight excluding hydrogens is 234 g/mol. The first kappa shape index (κ1) is 13.9. The molecule has 1 aromatic carbocycles. The molecule has 0 aliphatic heterocycles. The second-order valence-electron chi connectivity index (χ2n) is 3.75. The number of hydrogen-bond donors (Lipinski definition) is 1. The van der Waals surface area contributed by atoms with E-state index < -0.39 is 12.0 Å². The second-order valence-corrected chi connectivity index (χ2v) is 3.75. The van der Waals surface area contributed by atoms with E-state index >= 15 is 0 Å². The normalized spacial score (nSPS) is 11.4. The van der Waals surface area contributed by atoms with Gasteiger partial charge in [0.2, 0.25) is 0 Å². The summed E-state index contributed by atoms with van der Waals surface area (Å²) in [5.74, 6) is -0.208. The number of para-hydroxylation sites is 1. The lowest BCUT2D eigenvalue weighted by Gasteiger charge is -2.14. The molecule has 1 unspecified atom stereocenters. The molecule has 6 nitrogen and oxygen atoms in total. The van der Waals surface area contributed by atoms with Crippen molar-refractivity contribution in [3.05, 3.63) is 40.3 Å². The summed E-state index contributed by atoms with van der Waals surface area (Å²) in [5, 5.41) is 12.3. The van der Waals surface area contributed by atoms with E-state index in [4.69, 9.17) is 15.4 Å². The van der Waals surface area contributed by atoms with Crippen LogP contribution in [-0.2, 0) is 4.79 Å². The highest BCUT2D eigenvalue weighted by atomic mass is 16.5. The average Bonchev–Trinajstić information content (AvgIpc) is 2.37. The van der Waals surface area contributed by atoms with Crippen LogP contribution in [0.1, 0.15) is 30.9 Å². The predicted octanol–water partition coefficient (Wildman–Crippen LogP) is 3.30. The van der Waals surface area contributed by atoms with Gasteiger partial charge in [-0.15, -0.1) is 0 Å². The third kappa shape index (κ3) is 3.99. The van der Waals surface area contributed by atoms with E-state index in [0.29, 0.717) is 18.6 Å². The van der Waals surface area contributed by atoms with Gasteiger partial charge in [-0.25, -0.2) is 0 Å². The topological polar surface area (TPSA) is 95.3 Å². The number of hydrogen-bond acceptors (Lipinski definition) is 3. The highest BCUT2D eigenvalue weighted by Gasteiger charge is 2.14. The summed E-state index contributed by atoms with van der Waals surface area (Å²) >= 11 is 0. The fourth-order valence-corrected chi connectivity index (χ4v) is 1.73. The lowest BCUT2D eigenvalue weighted by atomic mass is 10.0. The van der Waals surface area contributed by atoms with Crippen LogP contribution in [0.3, 0.4) is 0 Å². The van der Waals surface area contributed by atoms with Gasteiger partial charge in [-0.2, -0.15) is 0 Å². The molecule has 1 rings (SSSR count). The fraction of sp³-hybridized carbons (Fsp3) is 0.417. The Morgan fingerprint density at radius 2 is 2.28 bits per heavy atom. The van der Waals surface area contributed by atoms with Gasteiger partial charge in [-0.3, -0.25) is 4.79 Å². The van der Waals surface area contributed by atoms with Crippen LogP contribution < -0.4 is 4.74 Å². The number of carboxylic acid groups (broad SMARTS) is 1. The van der Waals surface area contributed by atoms with E-state index in [-0.39, 0.29) is 6.42 Å². The number of carbonyl (C=O) groups is 1. The van der Waals surface area contributed by atoms with Gasteiger partial charge in [-0.1, -0.05) is 23.3 Å². The second kappa shape index (κ2) is 7.19. The zero-order chi connectivity index (χ0) is 13.4. The monoisotopic (exact) mass is 249 g/mol. The van der Waals surface area contributed by atoms with Crippen molar-refractivity contribution in [2.75, 3.05) is 7.11 Å². The summed E-state index contributed by atoms with van der Waals surface area (Å²) in [6, 6.07) is 6.86. The third-order valence-electron chi connectivity index (χ3n) is 2.56. The number of carboxylic acids is 1. The Balaban J connectivity index is 2.83. The number of rotatable bonds is 7. The van der Waals surface area contributed by atoms with E-state index in [9.17, 15) is 4.79 Å². The Bertz CT molecular complexity index is 456. The minimum atomic E-state index is -0.852. The smallest absolute Gasteiger partial charge is 0.303 e. The number of ether oxygens (including phenoxy) is 1. The molecule has 0 bridgehead atoms. The molecule has 1 aromatic rings. The molecule has 1 atom stereocenters. The molecule has 0 fully saturated rings. The first-order valence-corrected chi connectivity index (χ1v) is 5.58. The molecule has 0 saturated carbocycles. The van der Waals surface area contributed by atoms with Gasteiger partial charge in [0, 0.05) is 16.9 Å². The Morgan fingerprint density at radius 3 is 2.89 bits per heavy atom. The molecule has 96 valence electrons. The van der Waals surface area contributed by atoms with Crippen LogP contribution in [0.4, 0.5) is 0 Å². The van der Waals surface area contributed by atoms with Crippen LogP contribution in [0.15, 0.2) is 29.4 Å². The van der Waals surface area contributed by atoms with Crippen molar-refractivity contribution in [2.45, 2.75) is 25.3 Å². The molecular formula is C12H15N3O3. The summed E-state index contributed by atoms with van der Waals surface area (Å²) in [5.41, 5.74) is 9.35. The van der Waals surface area contributed by atoms with Crippen molar-refractivity contribution in [1.29, 1.82) is 0 Å². The summed E-state index contributed by atoms with van der Waals surface area (Å²) < 4.78 is 5.20. The van der Waals surface area contributed by atoms with Crippen molar-refractivity contribution >= 4 is 5.97 Å². The van der Waals surface area contributed by atoms with Crippen molar-refractivity contribution < 1.29 is 14.6 Å². The van der Waals surface area contributed by atoms with E-state index in [0.717, 1.165) is 5.56 Å². The largest absolute Gasteiger partial charge is 0.496 e. The molecule has 0 aliphatic carbocycles. The van der Waals surface area contributed by atoms with Crippen molar-refractivity contribution in [1.82, 2.24) is 0 Å². The zero-order valence-electron chi connectivity index (χ0n) is 10.1. The van der Waals surface area contributed by atoms with Gasteiger partial charge in [0.05, 0.1) is 13.2 Å². The highest BCUT2D eigenvalue weighted by molar-refractivity contribution is 5.66. The Kier molecular flexibility index (Phi) is 5.54. The minimum absolute atomic E-state index is 0.0621. The third-order valence-corrected chi connectivity index (χ3v) is 2.56. The number of nitrogens with zero attached hydrogens (tertiary/aromatic N) is 3. The van der Waals surface area contributed by atoms with Crippen LogP contribution >= 0.6 is 0 Å². The maximum absolute atomic E-state index is 10.5. The number of azide groups is 1. The van der Waals surface area contributed by atoms with Gasteiger partial charge in [-0.05, 0) is 24.4 Å². The summed E-state index contributed by atoms with van der Waals surface area (Å²) in [6.07, 6.45) is 1.00. The summed E-state index contributed by atoms with van der Waals surface area (Å²) in [7, 11) is 1.54. The number of aliphatic carboxylic acids is 1. The SMILES string of the molecule is COc1ccccc1C(CCCC(=O)O)N=[N+]=[N-]. The molecule has 1 N–H and O–H groups in total. The molecule has 0 saturated heterocycles. The average molecular weight is 249 g/mol. The standard InChI is InChI=1S/C12H15N3O3/c1-18-11-7-3-2-5-9(11)10(14-15-13)6-4-8-12(16)17/h2-3,5,7,10H,4,6,8H2,1H3,(H,16,17). The van der Waals surface area contributed by atoms with E-state index in [1.807, 2.05) is 18.2 Å². The lowest BCUT2D eigenvalue weighted by Crippen LogP contribution is -2.01. The maximum atomic E-state index is 10.5. The first-order chi connectivity index (χ1) is 8.69. The zero-order valence-corrected chi connectivity index (χ0v) is 10.1. The van der Waals surface area contributed by atoms with Crippen LogP contribution in [-0.4, -0.2) is 18.2 Å². The van der Waals surface area contributed by atoms with Crippen LogP contribution in [0, 0.1) is 0 Å². The predicted molar refractivity (Wildman–Crippen MR) is 66.4 cm³/mol. The van der Waals surface area contributed by atoms with Gasteiger partial charge < -0.3 is 9.84 Å². The minimum Gasteiger partial charge on any atom is -0.496 e. The van der Waals surface area contributed by atoms with Gasteiger partial charge in [0.15, 0.2) is 0 Å². The molecule has 0 spiro atoms. The van der Waals surface area contributed by atoms with Gasteiger partial charge in [0.25, 0.3) is 0 Å². The van der Waals surface area contributed by atoms with Crippen molar-refractivity contribution in [3.8, 4) is 5.75 Å². The van der Waals surface area contributed by atoms with E-state index in [1.54, 1.807) is 13.2 Å². The van der Waals surface area contributed by atoms with E-state index in [2.05, 4.69) is 10.0 Å². The maximum Gasteiger partial charge on any atom is 0.303 e. The number of methoxy groups -OCH3 is 1. The van der Waals surface area contributed by atoms with Gasteiger partial charge >= 0.3 is 5.97 Å². The molecule has 0 amide bonds. The van der Waals surface area contributed by atoms with Gasteiger partial charge in [0.1, 0.15) is 5.75 Å². The Hall–Kier alpha value is -2.20. The molecule has 0 radical (unpaired) electrons. The molecule has 0 aromatic heterocycles. The molecule has 0 aliphatic rings. The summed E-state index contributed by atoms with van der Waals surface area (Å²) in [4.78, 5) is 13.3. The molecule has 6 heteroatoms. The number of benzene rings is 1. The summed E-state index contributed by atoms with van der Waals surface area (Å²) in [6.45, 7) is 0. The fourth-order valence-electron chi connectivity index (χ4n) is 1.73. The Morgan fingerprint density at radius 1 is 1.56 bits per heavy atom.